The van der Waals surface area contributed by atoms with Gasteiger partial charge < -0.3 is 24.2 Å². The molecule has 0 radical (unpaired) electrons. The average molecular weight is 714 g/mol. The minimum atomic E-state index is -0.0987. The fourth-order valence-corrected chi connectivity index (χ4v) is 8.57. The molecule has 2 heterocycles. The van der Waals surface area contributed by atoms with Gasteiger partial charge in [-0.2, -0.15) is 0 Å². The highest BCUT2D eigenvalue weighted by atomic mass is 16.5. The van der Waals surface area contributed by atoms with Crippen molar-refractivity contribution in [3.63, 3.8) is 0 Å². The van der Waals surface area contributed by atoms with Gasteiger partial charge in [0.2, 0.25) is 0 Å². The molecule has 2 aliphatic heterocycles. The number of anilines is 3. The number of likely N-dealkylation sites (N-methyl/N-ethyl adjacent to an activating group) is 2. The molecule has 3 aliphatic rings. The lowest BCUT2D eigenvalue weighted by molar-refractivity contribution is -0.143. The third-order valence-corrected chi connectivity index (χ3v) is 11.7. The fourth-order valence-electron chi connectivity index (χ4n) is 8.57. The molecule has 3 aromatic carbocycles. The summed E-state index contributed by atoms with van der Waals surface area (Å²) in [4.78, 5) is 18.7. The van der Waals surface area contributed by atoms with Crippen LogP contribution in [0.5, 0.6) is 5.75 Å². The number of rotatable bonds is 13. The number of ether oxygens (including phenoxy) is 2. The van der Waals surface area contributed by atoms with Gasteiger partial charge in [0.05, 0.1) is 12.6 Å². The Hall–Kier alpha value is -4.71. The van der Waals surface area contributed by atoms with E-state index in [4.69, 9.17) is 9.47 Å². The molecule has 0 saturated carbocycles. The number of fused-ring (bicyclic) bond motifs is 2. The largest absolute Gasteiger partial charge is 0.466 e. The van der Waals surface area contributed by atoms with Crippen LogP contribution in [0.4, 0.5) is 17.1 Å². The number of esters is 1. The molecule has 1 unspecified atom stereocenters. The minimum Gasteiger partial charge on any atom is -0.466 e. The van der Waals surface area contributed by atoms with Crippen LogP contribution in [0.15, 0.2) is 120 Å². The first-order valence-corrected chi connectivity index (χ1v) is 19.6. The number of hydrogen-bond acceptors (Lipinski definition) is 6. The molecule has 6 rings (SSSR count). The van der Waals surface area contributed by atoms with Crippen LogP contribution in [-0.4, -0.2) is 46.3 Å². The number of para-hydroxylation sites is 2. The molecule has 0 fully saturated rings. The van der Waals surface area contributed by atoms with Crippen LogP contribution < -0.4 is 19.4 Å². The lowest BCUT2D eigenvalue weighted by atomic mass is 9.80. The Kier molecular flexibility index (Phi) is 11.6. The Morgan fingerprint density at radius 3 is 2.26 bits per heavy atom. The van der Waals surface area contributed by atoms with E-state index in [0.717, 1.165) is 62.3 Å². The minimum absolute atomic E-state index is 0.0163. The molecule has 0 aromatic heterocycles. The number of carbonyl (C=O) groups is 1. The van der Waals surface area contributed by atoms with E-state index < -0.39 is 0 Å². The zero-order valence-corrected chi connectivity index (χ0v) is 33.2. The van der Waals surface area contributed by atoms with Gasteiger partial charge in [0.15, 0.2) is 0 Å². The van der Waals surface area contributed by atoms with E-state index in [-0.39, 0.29) is 22.8 Å². The number of benzene rings is 3. The van der Waals surface area contributed by atoms with Crippen molar-refractivity contribution < 1.29 is 14.3 Å². The maximum absolute atomic E-state index is 11.7. The maximum atomic E-state index is 11.7. The first-order chi connectivity index (χ1) is 25.4. The molecule has 3 aromatic rings. The topological polar surface area (TPSA) is 45.2 Å². The predicted octanol–water partition coefficient (Wildman–Crippen LogP) is 10.7. The Bertz CT molecular complexity index is 1900. The van der Waals surface area contributed by atoms with Crippen molar-refractivity contribution in [3.05, 3.63) is 131 Å². The molecule has 0 bridgehead atoms. The molecule has 0 saturated heterocycles. The van der Waals surface area contributed by atoms with E-state index in [2.05, 4.69) is 161 Å². The third-order valence-electron chi connectivity index (χ3n) is 11.7. The Balaban J connectivity index is 1.26. The van der Waals surface area contributed by atoms with Crippen LogP contribution in [0.1, 0.15) is 90.7 Å². The molecular weight excluding hydrogens is 655 g/mol. The second kappa shape index (κ2) is 16.1. The number of hydrogen-bond donors (Lipinski definition) is 0. The Labute approximate surface area is 318 Å². The number of nitrogens with zero attached hydrogens (tertiary/aromatic N) is 3. The molecule has 53 heavy (non-hydrogen) atoms. The lowest BCUT2D eigenvalue weighted by Gasteiger charge is -2.30. The molecular formula is C47H59N3O3. The van der Waals surface area contributed by atoms with Crippen LogP contribution in [0.3, 0.4) is 0 Å². The van der Waals surface area contributed by atoms with Gasteiger partial charge in [-0.3, -0.25) is 4.79 Å². The highest BCUT2D eigenvalue weighted by molar-refractivity contribution is 5.70. The highest BCUT2D eigenvalue weighted by Crippen LogP contribution is 2.47. The van der Waals surface area contributed by atoms with Crippen LogP contribution in [-0.2, 0) is 20.4 Å². The van der Waals surface area contributed by atoms with Crippen LogP contribution >= 0.6 is 0 Å². The molecule has 6 nitrogen and oxygen atoms in total. The van der Waals surface area contributed by atoms with Crippen molar-refractivity contribution in [2.24, 2.45) is 0 Å². The summed E-state index contributed by atoms with van der Waals surface area (Å²) < 4.78 is 12.0. The normalized spacial score (nSPS) is 20.3. The van der Waals surface area contributed by atoms with Crippen molar-refractivity contribution in [3.8, 4) is 5.75 Å². The van der Waals surface area contributed by atoms with Gasteiger partial charge in [-0.25, -0.2) is 0 Å². The summed E-state index contributed by atoms with van der Waals surface area (Å²) in [5.41, 5.74) is 10.1. The summed E-state index contributed by atoms with van der Waals surface area (Å²) in [6.07, 6.45) is 15.8. The van der Waals surface area contributed by atoms with Gasteiger partial charge in [-0.05, 0) is 104 Å². The monoisotopic (exact) mass is 713 g/mol. The quantitative estimate of drug-likeness (QED) is 0.130. The van der Waals surface area contributed by atoms with Gasteiger partial charge >= 0.3 is 5.97 Å². The predicted molar refractivity (Wildman–Crippen MR) is 221 cm³/mol. The van der Waals surface area contributed by atoms with E-state index in [1.54, 1.807) is 0 Å². The van der Waals surface area contributed by atoms with E-state index in [1.165, 1.54) is 39.3 Å². The van der Waals surface area contributed by atoms with E-state index in [0.29, 0.717) is 13.0 Å². The Morgan fingerprint density at radius 1 is 0.868 bits per heavy atom. The van der Waals surface area contributed by atoms with Gasteiger partial charge in [-0.15, -0.1) is 0 Å². The number of allylic oxidation sites excluding steroid dienone is 6. The van der Waals surface area contributed by atoms with E-state index >= 15 is 0 Å². The summed E-state index contributed by atoms with van der Waals surface area (Å²) in [7, 11) is 6.52. The third kappa shape index (κ3) is 7.97. The number of unbranched alkanes of at least 4 members (excludes halogenated alkanes) is 2. The summed E-state index contributed by atoms with van der Waals surface area (Å²) in [6, 6.07) is 26.3. The second-order valence-electron chi connectivity index (χ2n) is 15.9. The summed E-state index contributed by atoms with van der Waals surface area (Å²) in [5.74, 6) is 1.71. The van der Waals surface area contributed by atoms with E-state index in [1.807, 2.05) is 6.92 Å². The van der Waals surface area contributed by atoms with Crippen molar-refractivity contribution in [2.45, 2.75) is 96.4 Å². The van der Waals surface area contributed by atoms with Gasteiger partial charge in [-0.1, -0.05) is 88.7 Å². The van der Waals surface area contributed by atoms with Gasteiger partial charge in [0.1, 0.15) is 11.5 Å². The van der Waals surface area contributed by atoms with Crippen LogP contribution in [0, 0.1) is 0 Å². The maximum Gasteiger partial charge on any atom is 0.305 e. The Morgan fingerprint density at radius 2 is 1.57 bits per heavy atom. The summed E-state index contributed by atoms with van der Waals surface area (Å²) in [6.45, 7) is 12.6. The van der Waals surface area contributed by atoms with Crippen LogP contribution in [0.2, 0.25) is 0 Å². The van der Waals surface area contributed by atoms with Crippen molar-refractivity contribution in [1.29, 1.82) is 0 Å². The zero-order valence-electron chi connectivity index (χ0n) is 33.2. The molecule has 6 heteroatoms. The molecule has 0 spiro atoms. The molecule has 280 valence electrons. The number of carbonyl (C=O) groups excluding carboxylic acids is 1. The smallest absolute Gasteiger partial charge is 0.305 e. The van der Waals surface area contributed by atoms with E-state index in [9.17, 15) is 4.79 Å². The summed E-state index contributed by atoms with van der Waals surface area (Å²) >= 11 is 0. The molecule has 1 atom stereocenters. The van der Waals surface area contributed by atoms with Crippen molar-refractivity contribution in [2.75, 3.05) is 49.0 Å². The first kappa shape index (κ1) is 38.0. The van der Waals surface area contributed by atoms with Crippen molar-refractivity contribution >= 4 is 23.0 Å². The van der Waals surface area contributed by atoms with Gasteiger partial charge in [0.25, 0.3) is 0 Å². The standard InChI is InChI=1S/C47H59N3O3/c1-9-52-44(51)24-11-10-16-33-48(6)36-27-29-37(30-28-36)53-45-34(25-31-42-46(2,3)38-20-12-14-22-40(38)49(42)7)18-17-19-35(45)26-32-43-47(4,5)39-21-13-15-23-41(39)50(43)8/h12-15,20-23,25-32,42H,9-11,16-19,24,33H2,1-8H3/b31-25+,35-26+,43-32+. The zero-order chi connectivity index (χ0) is 37.8. The van der Waals surface area contributed by atoms with Gasteiger partial charge in [0, 0.05) is 67.7 Å². The second-order valence-corrected chi connectivity index (χ2v) is 15.9. The highest BCUT2D eigenvalue weighted by Gasteiger charge is 2.41. The molecule has 0 amide bonds. The fraction of sp³-hybridized carbons (Fsp3) is 0.426. The SMILES string of the molecule is CCOC(=O)CCCCCN(C)c1ccc(OC2=C(/C=C/C3N(C)c4ccccc4C3(C)C)CCC/C2=C\C=C2\N(C)c3ccccc3C2(C)C)cc1. The molecule has 1 aliphatic carbocycles. The van der Waals surface area contributed by atoms with Crippen LogP contribution in [0.25, 0.3) is 0 Å². The molecule has 0 N–H and O–H groups in total. The lowest BCUT2D eigenvalue weighted by Crippen LogP contribution is -2.37. The average Bonchev–Trinajstić information content (AvgIpc) is 3.47. The van der Waals surface area contributed by atoms with Crippen molar-refractivity contribution in [1.82, 2.24) is 0 Å². The first-order valence-electron chi connectivity index (χ1n) is 19.6. The summed E-state index contributed by atoms with van der Waals surface area (Å²) in [5, 5.41) is 0.